The largest absolute Gasteiger partial charge is 0.497 e. The van der Waals surface area contributed by atoms with E-state index in [-0.39, 0.29) is 12.1 Å². The number of methoxy groups -OCH3 is 3. The average Bonchev–Trinajstić information content (AvgIpc) is 2.67. The Kier molecular flexibility index (Phi) is 5.21. The minimum absolute atomic E-state index is 0.107. The van der Waals surface area contributed by atoms with Gasteiger partial charge in [-0.1, -0.05) is 0 Å². The van der Waals surface area contributed by atoms with Crippen molar-refractivity contribution < 1.29 is 19.0 Å². The Morgan fingerprint density at radius 1 is 1.04 bits per heavy atom. The maximum Gasteiger partial charge on any atom is 0.326 e. The van der Waals surface area contributed by atoms with Crippen LogP contribution in [0.2, 0.25) is 0 Å². The van der Waals surface area contributed by atoms with Crippen LogP contribution in [0.15, 0.2) is 36.4 Å². The van der Waals surface area contributed by atoms with Crippen LogP contribution in [0, 0.1) is 0 Å². The van der Waals surface area contributed by atoms with Gasteiger partial charge in [-0.05, 0) is 55.7 Å². The van der Waals surface area contributed by atoms with Gasteiger partial charge < -0.3 is 19.5 Å². The molecule has 0 radical (unpaired) electrons. The Morgan fingerprint density at radius 2 is 1.81 bits per heavy atom. The molecule has 0 spiro atoms. The molecule has 0 saturated carbocycles. The van der Waals surface area contributed by atoms with Gasteiger partial charge in [0.05, 0.1) is 21.3 Å². The summed E-state index contributed by atoms with van der Waals surface area (Å²) in [6.07, 6.45) is 1.83. The summed E-state index contributed by atoms with van der Waals surface area (Å²) in [5.74, 6) is 2.00. The third-order valence-corrected chi connectivity index (χ3v) is 4.67. The van der Waals surface area contributed by atoms with E-state index in [2.05, 4.69) is 12.2 Å². The summed E-state index contributed by atoms with van der Waals surface area (Å²) in [4.78, 5) is 14.8. The molecule has 138 valence electrons. The highest BCUT2D eigenvalue weighted by Gasteiger charge is 2.28. The molecule has 1 aliphatic rings. The van der Waals surface area contributed by atoms with Gasteiger partial charge in [-0.3, -0.25) is 4.90 Å². The van der Waals surface area contributed by atoms with E-state index >= 15 is 0 Å². The summed E-state index contributed by atoms with van der Waals surface area (Å²) < 4.78 is 15.8. The standard InChI is InChI=1S/C20H24N2O4/c1-13-5-6-14-11-16(24-2)8-9-17(14)22(13)20(23)21-15-7-10-18(25-3)19(12-15)26-4/h7-13H,5-6H2,1-4H3,(H,21,23). The molecule has 2 amide bonds. The lowest BCUT2D eigenvalue weighted by Gasteiger charge is -2.35. The average molecular weight is 356 g/mol. The molecule has 1 heterocycles. The van der Waals surface area contributed by atoms with Crippen molar-refractivity contribution in [3.8, 4) is 17.2 Å². The minimum atomic E-state index is -0.171. The van der Waals surface area contributed by atoms with Crippen molar-refractivity contribution in [2.75, 3.05) is 31.5 Å². The van der Waals surface area contributed by atoms with Crippen LogP contribution in [-0.2, 0) is 6.42 Å². The van der Waals surface area contributed by atoms with Gasteiger partial charge in [0, 0.05) is 23.5 Å². The number of nitrogens with zero attached hydrogens (tertiary/aromatic N) is 1. The predicted octanol–water partition coefficient (Wildman–Crippen LogP) is 4.09. The van der Waals surface area contributed by atoms with Gasteiger partial charge in [0.25, 0.3) is 0 Å². The third-order valence-electron chi connectivity index (χ3n) is 4.67. The van der Waals surface area contributed by atoms with Gasteiger partial charge in [0.15, 0.2) is 11.5 Å². The second-order valence-corrected chi connectivity index (χ2v) is 6.25. The number of rotatable bonds is 4. The number of carbonyl (C=O) groups excluding carboxylic acids is 1. The lowest BCUT2D eigenvalue weighted by molar-refractivity contribution is 0.254. The summed E-state index contributed by atoms with van der Waals surface area (Å²) in [5, 5.41) is 2.96. The maximum atomic E-state index is 13.0. The number of aryl methyl sites for hydroxylation is 1. The van der Waals surface area contributed by atoms with Crippen molar-refractivity contribution in [3.05, 3.63) is 42.0 Å². The molecule has 1 atom stereocenters. The number of anilines is 2. The van der Waals surface area contributed by atoms with E-state index in [1.165, 1.54) is 0 Å². The van der Waals surface area contributed by atoms with Crippen molar-refractivity contribution in [3.63, 3.8) is 0 Å². The zero-order valence-electron chi connectivity index (χ0n) is 15.5. The van der Waals surface area contributed by atoms with E-state index in [1.807, 2.05) is 18.2 Å². The molecule has 0 saturated heterocycles. The van der Waals surface area contributed by atoms with E-state index in [4.69, 9.17) is 14.2 Å². The van der Waals surface area contributed by atoms with Crippen molar-refractivity contribution >= 4 is 17.4 Å². The number of fused-ring (bicyclic) bond motifs is 1. The fourth-order valence-corrected chi connectivity index (χ4v) is 3.26. The van der Waals surface area contributed by atoms with E-state index in [9.17, 15) is 4.79 Å². The van der Waals surface area contributed by atoms with Gasteiger partial charge in [-0.2, -0.15) is 0 Å². The fraction of sp³-hybridized carbons (Fsp3) is 0.350. The second-order valence-electron chi connectivity index (χ2n) is 6.25. The highest BCUT2D eigenvalue weighted by atomic mass is 16.5. The lowest BCUT2D eigenvalue weighted by atomic mass is 9.96. The third kappa shape index (κ3) is 3.40. The fourth-order valence-electron chi connectivity index (χ4n) is 3.26. The summed E-state index contributed by atoms with van der Waals surface area (Å²) in [5.41, 5.74) is 2.69. The molecule has 0 aromatic heterocycles. The predicted molar refractivity (Wildman–Crippen MR) is 102 cm³/mol. The van der Waals surface area contributed by atoms with Crippen LogP contribution in [0.5, 0.6) is 17.2 Å². The first-order chi connectivity index (χ1) is 12.6. The quantitative estimate of drug-likeness (QED) is 0.896. The SMILES string of the molecule is COc1ccc2c(c1)CCC(C)N2C(=O)Nc1ccc(OC)c(OC)c1. The van der Waals surface area contributed by atoms with Crippen molar-refractivity contribution in [1.29, 1.82) is 0 Å². The molecule has 0 fully saturated rings. The van der Waals surface area contributed by atoms with E-state index in [0.717, 1.165) is 29.8 Å². The van der Waals surface area contributed by atoms with Crippen LogP contribution in [0.1, 0.15) is 18.9 Å². The normalized spacial score (nSPS) is 15.8. The Labute approximate surface area is 153 Å². The number of hydrogen-bond acceptors (Lipinski definition) is 4. The Morgan fingerprint density at radius 3 is 2.50 bits per heavy atom. The van der Waals surface area contributed by atoms with Crippen LogP contribution in [-0.4, -0.2) is 33.4 Å². The molecular formula is C20H24N2O4. The molecular weight excluding hydrogens is 332 g/mol. The number of nitrogens with one attached hydrogen (secondary N) is 1. The van der Waals surface area contributed by atoms with Gasteiger partial charge in [-0.25, -0.2) is 4.79 Å². The van der Waals surface area contributed by atoms with Crippen molar-refractivity contribution in [2.24, 2.45) is 0 Å². The first-order valence-electron chi connectivity index (χ1n) is 8.56. The summed E-state index contributed by atoms with van der Waals surface area (Å²) in [7, 11) is 4.80. The molecule has 6 nitrogen and oxygen atoms in total. The van der Waals surface area contributed by atoms with Crippen molar-refractivity contribution in [1.82, 2.24) is 0 Å². The van der Waals surface area contributed by atoms with Crippen molar-refractivity contribution in [2.45, 2.75) is 25.8 Å². The van der Waals surface area contributed by atoms with E-state index in [0.29, 0.717) is 17.2 Å². The van der Waals surface area contributed by atoms with E-state index < -0.39 is 0 Å². The Hall–Kier alpha value is -2.89. The highest BCUT2D eigenvalue weighted by Crippen LogP contribution is 2.34. The lowest BCUT2D eigenvalue weighted by Crippen LogP contribution is -2.44. The smallest absolute Gasteiger partial charge is 0.326 e. The number of ether oxygens (including phenoxy) is 3. The second kappa shape index (κ2) is 7.56. The molecule has 1 unspecified atom stereocenters. The molecule has 26 heavy (non-hydrogen) atoms. The topological polar surface area (TPSA) is 60.0 Å². The van der Waals surface area contributed by atoms with Crippen LogP contribution < -0.4 is 24.4 Å². The number of urea groups is 1. The molecule has 0 bridgehead atoms. The van der Waals surface area contributed by atoms with E-state index in [1.54, 1.807) is 44.4 Å². The minimum Gasteiger partial charge on any atom is -0.497 e. The number of amides is 2. The molecule has 2 aromatic carbocycles. The van der Waals surface area contributed by atoms with Gasteiger partial charge in [-0.15, -0.1) is 0 Å². The molecule has 1 N–H and O–H groups in total. The summed E-state index contributed by atoms with van der Waals surface area (Å²) in [6, 6.07) is 11.1. The Balaban J connectivity index is 1.86. The molecule has 0 aliphatic carbocycles. The zero-order valence-corrected chi connectivity index (χ0v) is 15.5. The number of carbonyl (C=O) groups is 1. The monoisotopic (exact) mass is 356 g/mol. The molecule has 3 rings (SSSR count). The van der Waals surface area contributed by atoms with Crippen LogP contribution >= 0.6 is 0 Å². The van der Waals surface area contributed by atoms with Gasteiger partial charge >= 0.3 is 6.03 Å². The van der Waals surface area contributed by atoms with Gasteiger partial charge in [0.1, 0.15) is 5.75 Å². The first-order valence-corrected chi connectivity index (χ1v) is 8.56. The highest BCUT2D eigenvalue weighted by molar-refractivity contribution is 6.03. The summed E-state index contributed by atoms with van der Waals surface area (Å²) in [6.45, 7) is 2.06. The summed E-state index contributed by atoms with van der Waals surface area (Å²) >= 11 is 0. The first kappa shape index (κ1) is 17.9. The molecule has 6 heteroatoms. The number of hydrogen-bond donors (Lipinski definition) is 1. The maximum absolute atomic E-state index is 13.0. The molecule has 2 aromatic rings. The number of benzene rings is 2. The van der Waals surface area contributed by atoms with Crippen LogP contribution in [0.4, 0.5) is 16.2 Å². The van der Waals surface area contributed by atoms with Crippen LogP contribution in [0.3, 0.4) is 0 Å². The van der Waals surface area contributed by atoms with Gasteiger partial charge in [0.2, 0.25) is 0 Å². The zero-order chi connectivity index (χ0) is 18.7. The Bertz CT molecular complexity index is 806. The molecule has 1 aliphatic heterocycles. The van der Waals surface area contributed by atoms with Crippen LogP contribution in [0.25, 0.3) is 0 Å².